The molecule has 0 aliphatic heterocycles. The van der Waals surface area contributed by atoms with Crippen LogP contribution in [-0.2, 0) is 0 Å². The average Bonchev–Trinajstić information content (AvgIpc) is 2.04. The molecular formula is C8H15BN. The summed E-state index contributed by atoms with van der Waals surface area (Å²) >= 11 is 0. The van der Waals surface area contributed by atoms with E-state index in [1.807, 2.05) is 0 Å². The Morgan fingerprint density at radius 1 is 1.50 bits per heavy atom. The molecule has 2 heteroatoms. The second kappa shape index (κ2) is 3.82. The minimum Gasteiger partial charge on any atom is -0.330 e. The highest BCUT2D eigenvalue weighted by molar-refractivity contribution is 6.35. The molecule has 0 spiro atoms. The van der Waals surface area contributed by atoms with Crippen LogP contribution in [0, 0.1) is 5.92 Å². The van der Waals surface area contributed by atoms with Crippen molar-refractivity contribution in [2.75, 3.05) is 6.54 Å². The van der Waals surface area contributed by atoms with Crippen LogP contribution < -0.4 is 5.73 Å². The Kier molecular flexibility index (Phi) is 3.00. The fourth-order valence-electron chi connectivity index (χ4n) is 1.57. The molecular weight excluding hydrogens is 121 g/mol. The van der Waals surface area contributed by atoms with Crippen LogP contribution in [0.4, 0.5) is 0 Å². The molecule has 1 rings (SSSR count). The van der Waals surface area contributed by atoms with Gasteiger partial charge in [-0.1, -0.05) is 24.8 Å². The predicted octanol–water partition coefficient (Wildman–Crippen LogP) is 1.45. The van der Waals surface area contributed by atoms with Crippen LogP contribution in [0.3, 0.4) is 0 Å². The molecule has 10 heavy (non-hydrogen) atoms. The zero-order chi connectivity index (χ0) is 7.40. The van der Waals surface area contributed by atoms with Crippen molar-refractivity contribution >= 4 is 7.28 Å². The van der Waals surface area contributed by atoms with E-state index in [1.165, 1.54) is 12.8 Å². The van der Waals surface area contributed by atoms with Crippen molar-refractivity contribution in [3.63, 3.8) is 0 Å². The summed E-state index contributed by atoms with van der Waals surface area (Å²) in [6.07, 6.45) is 6.87. The van der Waals surface area contributed by atoms with E-state index in [4.69, 9.17) is 5.73 Å². The standard InChI is InChI=1S/C8H15BN/c1-9-8-5-3-2-4-7(8)6-10/h2-3,7-8H,4-6,10H2,1H3. The van der Waals surface area contributed by atoms with Gasteiger partial charge in [0.1, 0.15) is 7.28 Å². The maximum atomic E-state index is 5.62. The van der Waals surface area contributed by atoms with Gasteiger partial charge in [0.2, 0.25) is 0 Å². The van der Waals surface area contributed by atoms with Crippen molar-refractivity contribution in [3.8, 4) is 0 Å². The molecule has 55 valence electrons. The minimum absolute atomic E-state index is 0.704. The summed E-state index contributed by atoms with van der Waals surface area (Å²) in [5.41, 5.74) is 5.62. The molecule has 1 nitrogen and oxygen atoms in total. The molecule has 0 saturated heterocycles. The second-order valence-electron chi connectivity index (χ2n) is 2.94. The van der Waals surface area contributed by atoms with Gasteiger partial charge in [-0.15, -0.1) is 0 Å². The maximum Gasteiger partial charge on any atom is 0.110 e. The van der Waals surface area contributed by atoms with E-state index in [9.17, 15) is 0 Å². The number of allylic oxidation sites excluding steroid dienone is 2. The fourth-order valence-corrected chi connectivity index (χ4v) is 1.57. The molecule has 2 unspecified atom stereocenters. The van der Waals surface area contributed by atoms with E-state index < -0.39 is 0 Å². The maximum absolute atomic E-state index is 5.62. The van der Waals surface area contributed by atoms with Crippen LogP contribution >= 0.6 is 0 Å². The normalized spacial score (nSPS) is 32.2. The summed E-state index contributed by atoms with van der Waals surface area (Å²) in [5, 5.41) is 0. The summed E-state index contributed by atoms with van der Waals surface area (Å²) in [6.45, 7) is 2.96. The number of nitrogens with two attached hydrogens (primary N) is 1. The van der Waals surface area contributed by atoms with Crippen molar-refractivity contribution in [2.45, 2.75) is 25.5 Å². The third kappa shape index (κ3) is 1.63. The molecule has 0 fully saturated rings. The lowest BCUT2D eigenvalue weighted by atomic mass is 9.58. The Labute approximate surface area is 63.9 Å². The van der Waals surface area contributed by atoms with Gasteiger partial charge >= 0.3 is 0 Å². The van der Waals surface area contributed by atoms with Crippen LogP contribution in [0.1, 0.15) is 12.8 Å². The van der Waals surface area contributed by atoms with Gasteiger partial charge < -0.3 is 5.73 Å². The number of hydrogen-bond acceptors (Lipinski definition) is 1. The van der Waals surface area contributed by atoms with Gasteiger partial charge in [0.05, 0.1) is 0 Å². The highest BCUT2D eigenvalue weighted by atomic mass is 14.5. The third-order valence-electron chi connectivity index (χ3n) is 2.35. The molecule has 2 atom stereocenters. The second-order valence-corrected chi connectivity index (χ2v) is 2.94. The highest BCUT2D eigenvalue weighted by Gasteiger charge is 2.18. The van der Waals surface area contributed by atoms with Crippen LogP contribution in [0.2, 0.25) is 12.6 Å². The van der Waals surface area contributed by atoms with E-state index in [-0.39, 0.29) is 0 Å². The molecule has 2 N–H and O–H groups in total. The Bertz CT molecular complexity index is 108. The molecule has 0 bridgehead atoms. The Morgan fingerprint density at radius 2 is 2.20 bits per heavy atom. The Hall–Kier alpha value is -0.235. The summed E-state index contributed by atoms with van der Waals surface area (Å²) in [7, 11) is 2.28. The molecule has 1 aliphatic carbocycles. The van der Waals surface area contributed by atoms with Gasteiger partial charge in [0.15, 0.2) is 0 Å². The Morgan fingerprint density at radius 3 is 2.70 bits per heavy atom. The van der Waals surface area contributed by atoms with Crippen molar-refractivity contribution in [3.05, 3.63) is 12.2 Å². The smallest absolute Gasteiger partial charge is 0.110 e. The van der Waals surface area contributed by atoms with Gasteiger partial charge in [0, 0.05) is 0 Å². The van der Waals surface area contributed by atoms with Crippen molar-refractivity contribution in [1.82, 2.24) is 0 Å². The van der Waals surface area contributed by atoms with Crippen molar-refractivity contribution in [1.29, 1.82) is 0 Å². The number of rotatable bonds is 2. The summed E-state index contributed by atoms with van der Waals surface area (Å²) < 4.78 is 0. The zero-order valence-electron chi connectivity index (χ0n) is 6.59. The SMILES string of the molecule is C[B]C1CC=CCC1CN. The van der Waals surface area contributed by atoms with Gasteiger partial charge in [-0.2, -0.15) is 0 Å². The molecule has 0 aromatic carbocycles. The third-order valence-corrected chi connectivity index (χ3v) is 2.35. The van der Waals surface area contributed by atoms with Crippen LogP contribution in [0.25, 0.3) is 0 Å². The van der Waals surface area contributed by atoms with Gasteiger partial charge in [-0.05, 0) is 25.3 Å². The van der Waals surface area contributed by atoms with Crippen LogP contribution in [0.5, 0.6) is 0 Å². The summed E-state index contributed by atoms with van der Waals surface area (Å²) in [5.74, 6) is 1.44. The van der Waals surface area contributed by atoms with E-state index in [0.717, 1.165) is 12.4 Å². The lowest BCUT2D eigenvalue weighted by Gasteiger charge is -2.25. The summed E-state index contributed by atoms with van der Waals surface area (Å²) in [6, 6.07) is 0. The molecule has 0 heterocycles. The van der Waals surface area contributed by atoms with Crippen LogP contribution in [0.15, 0.2) is 12.2 Å². The molecule has 1 aliphatic rings. The van der Waals surface area contributed by atoms with E-state index in [2.05, 4.69) is 26.3 Å². The van der Waals surface area contributed by atoms with Gasteiger partial charge in [-0.25, -0.2) is 0 Å². The van der Waals surface area contributed by atoms with Crippen molar-refractivity contribution < 1.29 is 0 Å². The van der Waals surface area contributed by atoms with E-state index in [0.29, 0.717) is 5.92 Å². The minimum atomic E-state index is 0.704. The van der Waals surface area contributed by atoms with Crippen molar-refractivity contribution in [2.24, 2.45) is 11.7 Å². The molecule has 0 saturated carbocycles. The topological polar surface area (TPSA) is 26.0 Å². The van der Waals surface area contributed by atoms with E-state index >= 15 is 0 Å². The van der Waals surface area contributed by atoms with Gasteiger partial charge in [0.25, 0.3) is 0 Å². The predicted molar refractivity (Wildman–Crippen MR) is 46.3 cm³/mol. The molecule has 0 aromatic heterocycles. The lowest BCUT2D eigenvalue weighted by molar-refractivity contribution is 0.488. The first-order valence-corrected chi connectivity index (χ1v) is 4.03. The first-order chi connectivity index (χ1) is 4.88. The molecule has 0 aromatic rings. The Balaban J connectivity index is 2.45. The lowest BCUT2D eigenvalue weighted by Crippen LogP contribution is -2.23. The molecule has 1 radical (unpaired) electrons. The summed E-state index contributed by atoms with van der Waals surface area (Å²) in [4.78, 5) is 0. The largest absolute Gasteiger partial charge is 0.330 e. The van der Waals surface area contributed by atoms with E-state index in [1.54, 1.807) is 0 Å². The molecule has 0 amide bonds. The number of hydrogen-bond donors (Lipinski definition) is 1. The highest BCUT2D eigenvalue weighted by Crippen LogP contribution is 2.28. The quantitative estimate of drug-likeness (QED) is 0.451. The van der Waals surface area contributed by atoms with Crippen LogP contribution in [-0.4, -0.2) is 13.8 Å². The first kappa shape index (κ1) is 7.87. The average molecular weight is 136 g/mol. The first-order valence-electron chi connectivity index (χ1n) is 4.03. The zero-order valence-corrected chi connectivity index (χ0v) is 6.59. The monoisotopic (exact) mass is 136 g/mol. The fraction of sp³-hybridized carbons (Fsp3) is 0.750. The van der Waals surface area contributed by atoms with Gasteiger partial charge in [-0.3, -0.25) is 0 Å².